The largest absolute Gasteiger partial charge is 0.307 e. The molecule has 0 radical (unpaired) electrons. The summed E-state index contributed by atoms with van der Waals surface area (Å²) in [7, 11) is 0. The molecule has 0 atom stereocenters. The predicted molar refractivity (Wildman–Crippen MR) is 61.1 cm³/mol. The summed E-state index contributed by atoms with van der Waals surface area (Å²) in [6, 6.07) is 0. The van der Waals surface area contributed by atoms with E-state index in [4.69, 9.17) is 5.84 Å². The van der Waals surface area contributed by atoms with Crippen LogP contribution in [-0.2, 0) is 20.8 Å². The van der Waals surface area contributed by atoms with Crippen molar-refractivity contribution in [1.82, 2.24) is 25.6 Å². The SMILES string of the molecule is NN(CCCc1nn[nH]n1)C1=CC(=O)CC(=O)C1=O. The third kappa shape index (κ3) is 3.07. The van der Waals surface area contributed by atoms with E-state index in [0.717, 1.165) is 11.1 Å². The fourth-order valence-electron chi connectivity index (χ4n) is 1.68. The minimum absolute atomic E-state index is 0.0608. The number of nitrogens with two attached hydrogens (primary N) is 1. The molecule has 1 aliphatic carbocycles. The van der Waals surface area contributed by atoms with E-state index in [0.29, 0.717) is 25.2 Å². The molecule has 2 rings (SSSR count). The normalized spacial score (nSPS) is 15.6. The Labute approximate surface area is 107 Å². The average Bonchev–Trinajstić information content (AvgIpc) is 2.86. The molecule has 0 fully saturated rings. The lowest BCUT2D eigenvalue weighted by molar-refractivity contribution is -0.138. The molecule has 1 aliphatic rings. The minimum Gasteiger partial charge on any atom is -0.307 e. The fraction of sp³-hybridized carbons (Fsp3) is 0.400. The standard InChI is InChI=1S/C10H12N6O3/c11-16(3-1-2-9-12-14-15-13-9)7-4-6(17)5-8(18)10(7)19/h4H,1-3,5,11H2,(H,12,13,14,15). The van der Waals surface area contributed by atoms with E-state index in [1.807, 2.05) is 0 Å². The van der Waals surface area contributed by atoms with Crippen LogP contribution in [0.25, 0.3) is 0 Å². The van der Waals surface area contributed by atoms with Crippen molar-refractivity contribution in [2.75, 3.05) is 6.54 Å². The van der Waals surface area contributed by atoms with Crippen molar-refractivity contribution in [2.45, 2.75) is 19.3 Å². The molecular formula is C10H12N6O3. The van der Waals surface area contributed by atoms with Crippen molar-refractivity contribution in [3.8, 4) is 0 Å². The van der Waals surface area contributed by atoms with Gasteiger partial charge < -0.3 is 5.01 Å². The molecule has 9 nitrogen and oxygen atoms in total. The first-order valence-corrected chi connectivity index (χ1v) is 5.64. The number of hydrazine groups is 1. The van der Waals surface area contributed by atoms with E-state index < -0.39 is 17.3 Å². The molecule has 100 valence electrons. The number of Topliss-reactive ketones (excluding diaryl/α,β-unsaturated/α-hetero) is 2. The Balaban J connectivity index is 1.92. The van der Waals surface area contributed by atoms with Gasteiger partial charge in [-0.05, 0) is 6.42 Å². The quantitative estimate of drug-likeness (QED) is 0.278. The lowest BCUT2D eigenvalue weighted by Gasteiger charge is -2.21. The number of carbonyl (C=O) groups excluding carboxylic acids is 3. The lowest BCUT2D eigenvalue weighted by Crippen LogP contribution is -2.40. The third-order valence-electron chi connectivity index (χ3n) is 2.62. The Morgan fingerprint density at radius 1 is 1.37 bits per heavy atom. The van der Waals surface area contributed by atoms with Crippen molar-refractivity contribution >= 4 is 17.3 Å². The van der Waals surface area contributed by atoms with Gasteiger partial charge in [-0.25, -0.2) is 5.84 Å². The number of rotatable bonds is 5. The van der Waals surface area contributed by atoms with Crippen LogP contribution in [0, 0.1) is 0 Å². The highest BCUT2D eigenvalue weighted by atomic mass is 16.2. The van der Waals surface area contributed by atoms with Gasteiger partial charge in [-0.15, -0.1) is 10.2 Å². The molecular weight excluding hydrogens is 252 g/mol. The van der Waals surface area contributed by atoms with Gasteiger partial charge in [0.1, 0.15) is 5.70 Å². The van der Waals surface area contributed by atoms with Crippen LogP contribution in [0.15, 0.2) is 11.8 Å². The molecule has 0 saturated heterocycles. The summed E-state index contributed by atoms with van der Waals surface area (Å²) in [5.74, 6) is 4.35. The first-order chi connectivity index (χ1) is 9.08. The second-order valence-electron chi connectivity index (χ2n) is 4.05. The zero-order chi connectivity index (χ0) is 13.8. The van der Waals surface area contributed by atoms with E-state index in [1.54, 1.807) is 0 Å². The van der Waals surface area contributed by atoms with Gasteiger partial charge in [-0.1, -0.05) is 5.21 Å². The molecule has 0 aliphatic heterocycles. The highest BCUT2D eigenvalue weighted by Crippen LogP contribution is 2.11. The summed E-state index contributed by atoms with van der Waals surface area (Å²) in [5, 5.41) is 14.4. The van der Waals surface area contributed by atoms with E-state index in [9.17, 15) is 14.4 Å². The number of H-pyrrole nitrogens is 1. The van der Waals surface area contributed by atoms with Crippen LogP contribution in [0.4, 0.5) is 0 Å². The van der Waals surface area contributed by atoms with Crippen LogP contribution >= 0.6 is 0 Å². The number of hydrogen-bond acceptors (Lipinski definition) is 8. The van der Waals surface area contributed by atoms with Crippen LogP contribution in [0.1, 0.15) is 18.7 Å². The Morgan fingerprint density at radius 2 is 2.16 bits per heavy atom. The number of carbonyl (C=O) groups is 3. The molecule has 1 aromatic rings. The Kier molecular flexibility index (Phi) is 3.76. The van der Waals surface area contributed by atoms with Gasteiger partial charge in [-0.2, -0.15) is 5.21 Å². The first kappa shape index (κ1) is 13.0. The molecule has 0 aromatic carbocycles. The smallest absolute Gasteiger partial charge is 0.246 e. The van der Waals surface area contributed by atoms with Crippen LogP contribution in [0.5, 0.6) is 0 Å². The maximum atomic E-state index is 11.6. The molecule has 0 unspecified atom stereocenters. The van der Waals surface area contributed by atoms with Crippen molar-refractivity contribution in [1.29, 1.82) is 0 Å². The summed E-state index contributed by atoms with van der Waals surface area (Å²) in [6.07, 6.45) is 1.81. The topological polar surface area (TPSA) is 135 Å². The molecule has 1 heterocycles. The van der Waals surface area contributed by atoms with Crippen molar-refractivity contribution in [3.63, 3.8) is 0 Å². The van der Waals surface area contributed by atoms with E-state index in [-0.39, 0.29) is 12.1 Å². The number of tetrazole rings is 1. The molecule has 19 heavy (non-hydrogen) atoms. The zero-order valence-electron chi connectivity index (χ0n) is 10.00. The number of hydrogen-bond donors (Lipinski definition) is 2. The maximum absolute atomic E-state index is 11.6. The number of aryl methyl sites for hydroxylation is 1. The van der Waals surface area contributed by atoms with Gasteiger partial charge >= 0.3 is 0 Å². The fourth-order valence-corrected chi connectivity index (χ4v) is 1.68. The van der Waals surface area contributed by atoms with Gasteiger partial charge in [0.15, 0.2) is 11.6 Å². The molecule has 9 heteroatoms. The Morgan fingerprint density at radius 3 is 2.84 bits per heavy atom. The van der Waals surface area contributed by atoms with Crippen molar-refractivity contribution in [2.24, 2.45) is 5.84 Å². The number of nitrogens with one attached hydrogen (secondary N) is 1. The van der Waals surface area contributed by atoms with Crippen molar-refractivity contribution < 1.29 is 14.4 Å². The van der Waals surface area contributed by atoms with Gasteiger partial charge in [0, 0.05) is 19.0 Å². The monoisotopic (exact) mass is 264 g/mol. The molecule has 0 amide bonds. The zero-order valence-corrected chi connectivity index (χ0v) is 10.00. The average molecular weight is 264 g/mol. The third-order valence-corrected chi connectivity index (χ3v) is 2.62. The molecule has 3 N–H and O–H groups in total. The molecule has 1 aromatic heterocycles. The van der Waals surface area contributed by atoms with Gasteiger partial charge in [0.25, 0.3) is 0 Å². The predicted octanol–water partition coefficient (Wildman–Crippen LogP) is -1.70. The van der Waals surface area contributed by atoms with Crippen LogP contribution in [0.3, 0.4) is 0 Å². The van der Waals surface area contributed by atoms with Crippen LogP contribution in [0.2, 0.25) is 0 Å². The van der Waals surface area contributed by atoms with Gasteiger partial charge in [-0.3, -0.25) is 14.4 Å². The molecule has 0 bridgehead atoms. The highest BCUT2D eigenvalue weighted by molar-refractivity contribution is 6.48. The minimum atomic E-state index is -0.726. The van der Waals surface area contributed by atoms with Gasteiger partial charge in [0.05, 0.1) is 6.42 Å². The van der Waals surface area contributed by atoms with Gasteiger partial charge in [0.2, 0.25) is 11.6 Å². The van der Waals surface area contributed by atoms with E-state index in [2.05, 4.69) is 20.6 Å². The Hall–Kier alpha value is -2.42. The lowest BCUT2D eigenvalue weighted by atomic mass is 10.0. The second kappa shape index (κ2) is 5.48. The number of ketones is 3. The number of allylic oxidation sites excluding steroid dienone is 2. The maximum Gasteiger partial charge on any atom is 0.246 e. The molecule has 0 saturated carbocycles. The van der Waals surface area contributed by atoms with Crippen molar-refractivity contribution in [3.05, 3.63) is 17.6 Å². The number of aromatic nitrogens is 4. The summed E-state index contributed by atoms with van der Waals surface area (Å²) in [5.41, 5.74) is -0.0608. The van der Waals surface area contributed by atoms with Crippen LogP contribution < -0.4 is 5.84 Å². The van der Waals surface area contributed by atoms with E-state index >= 15 is 0 Å². The summed E-state index contributed by atoms with van der Waals surface area (Å²) in [4.78, 5) is 34.1. The van der Waals surface area contributed by atoms with E-state index in [1.165, 1.54) is 0 Å². The summed E-state index contributed by atoms with van der Waals surface area (Å²) in [6.45, 7) is 0.298. The number of aromatic amines is 1. The first-order valence-electron chi connectivity index (χ1n) is 5.64. The summed E-state index contributed by atoms with van der Waals surface area (Å²) < 4.78 is 0. The molecule has 0 spiro atoms. The number of nitrogens with zero attached hydrogens (tertiary/aromatic N) is 4. The second-order valence-corrected chi connectivity index (χ2v) is 4.05. The van der Waals surface area contributed by atoms with Crippen LogP contribution in [-0.4, -0.2) is 49.5 Å². The Bertz CT molecular complexity index is 535. The summed E-state index contributed by atoms with van der Waals surface area (Å²) >= 11 is 0. The highest BCUT2D eigenvalue weighted by Gasteiger charge is 2.29.